The normalized spacial score (nSPS) is 16.5. The first-order chi connectivity index (χ1) is 24.3. The molecule has 2 atom stereocenters. The maximum absolute atomic E-state index is 13.4. The predicted molar refractivity (Wildman–Crippen MR) is 190 cm³/mol. The summed E-state index contributed by atoms with van der Waals surface area (Å²) in [5.74, 6) is -0.521. The van der Waals surface area contributed by atoms with Crippen LogP contribution in [0, 0.1) is 5.82 Å². The Morgan fingerprint density at radius 3 is 2.48 bits per heavy atom. The number of carbonyl (C=O) groups excluding carboxylic acids is 3. The quantitative estimate of drug-likeness (QED) is 0.153. The molecular weight excluding hydrogens is 639 g/mol. The molecule has 0 unspecified atom stereocenters. The van der Waals surface area contributed by atoms with Crippen molar-refractivity contribution in [2.24, 2.45) is 0 Å². The van der Waals surface area contributed by atoms with E-state index in [1.807, 2.05) is 71.1 Å². The number of anilines is 1. The second-order valence-electron chi connectivity index (χ2n) is 12.6. The molecule has 3 amide bonds. The molecule has 0 saturated carbocycles. The Hall–Kier alpha value is -5.01. The molecule has 50 heavy (non-hydrogen) atoms. The molecule has 0 bridgehead atoms. The summed E-state index contributed by atoms with van der Waals surface area (Å²) in [6, 6.07) is 23.4. The van der Waals surface area contributed by atoms with Gasteiger partial charge in [-0.25, -0.2) is 13.7 Å². The molecule has 2 aromatic carbocycles. The van der Waals surface area contributed by atoms with Crippen LogP contribution in [0.2, 0.25) is 0 Å². The Labute approximate surface area is 292 Å². The van der Waals surface area contributed by atoms with E-state index in [0.29, 0.717) is 52.1 Å². The summed E-state index contributed by atoms with van der Waals surface area (Å²) in [4.78, 5) is 45.1. The van der Waals surface area contributed by atoms with Gasteiger partial charge in [-0.3, -0.25) is 19.4 Å². The number of alkyl carbamates (subject to hydrolysis) is 1. The summed E-state index contributed by atoms with van der Waals surface area (Å²) < 4.78 is 20.6. The molecule has 3 heterocycles. The van der Waals surface area contributed by atoms with Gasteiger partial charge in [0.25, 0.3) is 0 Å². The van der Waals surface area contributed by atoms with Crippen molar-refractivity contribution >= 4 is 29.1 Å². The van der Waals surface area contributed by atoms with Crippen LogP contribution in [0.25, 0.3) is 5.52 Å². The first-order valence-electron chi connectivity index (χ1n) is 17.1. The number of rotatable bonds is 16. The molecule has 12 nitrogen and oxygen atoms in total. The van der Waals surface area contributed by atoms with E-state index < -0.39 is 6.09 Å². The fourth-order valence-corrected chi connectivity index (χ4v) is 6.38. The van der Waals surface area contributed by atoms with Crippen LogP contribution < -0.4 is 20.9 Å². The molecular formula is C37H47FN8O4. The average Bonchev–Trinajstić information content (AvgIpc) is 3.61. The highest BCUT2D eigenvalue weighted by Gasteiger charge is 2.36. The standard InChI is InChI=1S/C37H47FN8O4/c1-39-36(48)26-45-32(16-19-41-37(49)50-27-28-8-4-3-5-9-28)23-44(24-33-11-6-10-31-17-20-42-46(31)33)25-34(45)22-35(47)40-18-7-21-43(2)30-14-12-29(38)13-15-30/h3-6,8-15,17,20,32,34H,7,16,18-19,21-27H2,1-2H3,(H,39,48)(H,40,47)(H,41,49)/t32-,34-/m1/s1. The number of carbonyl (C=O) groups is 3. The molecule has 5 rings (SSSR count). The number of nitrogens with zero attached hydrogens (tertiary/aromatic N) is 5. The topological polar surface area (TPSA) is 124 Å². The van der Waals surface area contributed by atoms with Crippen molar-refractivity contribution in [1.82, 2.24) is 35.4 Å². The number of likely N-dealkylation sites (N-methyl/N-ethyl adjacent to an activating group) is 1. The second-order valence-corrected chi connectivity index (χ2v) is 12.6. The Morgan fingerprint density at radius 1 is 0.920 bits per heavy atom. The number of ether oxygens (including phenoxy) is 1. The highest BCUT2D eigenvalue weighted by Crippen LogP contribution is 2.23. The third-order valence-corrected chi connectivity index (χ3v) is 9.01. The molecule has 1 aliphatic rings. The van der Waals surface area contributed by atoms with Crippen molar-refractivity contribution in [3.8, 4) is 0 Å². The van der Waals surface area contributed by atoms with Crippen LogP contribution in [0.3, 0.4) is 0 Å². The van der Waals surface area contributed by atoms with E-state index >= 15 is 0 Å². The lowest BCUT2D eigenvalue weighted by molar-refractivity contribution is -0.128. The minimum absolute atomic E-state index is 0.0984. The van der Waals surface area contributed by atoms with Gasteiger partial charge in [0.05, 0.1) is 17.8 Å². The number of pyridine rings is 1. The summed E-state index contributed by atoms with van der Waals surface area (Å²) >= 11 is 0. The monoisotopic (exact) mass is 686 g/mol. The van der Waals surface area contributed by atoms with Gasteiger partial charge in [-0.15, -0.1) is 0 Å². The van der Waals surface area contributed by atoms with E-state index in [2.05, 4.69) is 30.8 Å². The number of fused-ring (bicyclic) bond motifs is 1. The van der Waals surface area contributed by atoms with Crippen molar-refractivity contribution in [1.29, 1.82) is 0 Å². The fourth-order valence-electron chi connectivity index (χ4n) is 6.38. The van der Waals surface area contributed by atoms with Crippen molar-refractivity contribution in [2.45, 2.75) is 44.5 Å². The lowest BCUT2D eigenvalue weighted by Crippen LogP contribution is -2.61. The van der Waals surface area contributed by atoms with E-state index in [4.69, 9.17) is 4.74 Å². The van der Waals surface area contributed by atoms with E-state index in [1.165, 1.54) is 12.1 Å². The van der Waals surface area contributed by atoms with Crippen LogP contribution >= 0.6 is 0 Å². The van der Waals surface area contributed by atoms with Crippen molar-refractivity contribution in [3.63, 3.8) is 0 Å². The zero-order valence-corrected chi connectivity index (χ0v) is 28.8. The van der Waals surface area contributed by atoms with E-state index in [-0.39, 0.29) is 49.3 Å². The summed E-state index contributed by atoms with van der Waals surface area (Å²) in [6.07, 6.45) is 2.73. The van der Waals surface area contributed by atoms with E-state index in [1.54, 1.807) is 25.4 Å². The Morgan fingerprint density at radius 2 is 1.70 bits per heavy atom. The van der Waals surface area contributed by atoms with Crippen molar-refractivity contribution in [2.75, 3.05) is 58.3 Å². The number of amides is 3. The summed E-state index contributed by atoms with van der Waals surface area (Å²) in [7, 11) is 3.54. The molecule has 0 spiro atoms. The van der Waals surface area contributed by atoms with Crippen LogP contribution in [0.1, 0.15) is 30.5 Å². The molecule has 2 aromatic heterocycles. The van der Waals surface area contributed by atoms with Gasteiger partial charge in [-0.1, -0.05) is 36.4 Å². The van der Waals surface area contributed by atoms with Gasteiger partial charge in [0, 0.05) is 83.8 Å². The molecule has 13 heteroatoms. The number of aromatic nitrogens is 2. The number of halogens is 1. The molecule has 1 aliphatic heterocycles. The maximum atomic E-state index is 13.4. The van der Waals surface area contributed by atoms with E-state index in [9.17, 15) is 18.8 Å². The SMILES string of the molecule is CNC(=O)CN1[C@H](CCNC(=O)OCc2ccccc2)CN(Cc2cccc3ccnn23)C[C@H]1CC(=O)NCCCN(C)c1ccc(F)cc1. The molecule has 266 valence electrons. The Balaban J connectivity index is 1.23. The average molecular weight is 687 g/mol. The van der Waals surface area contributed by atoms with Crippen LogP contribution in [0.5, 0.6) is 0 Å². The summed E-state index contributed by atoms with van der Waals surface area (Å²) in [5, 5.41) is 13.2. The number of hydrogen-bond donors (Lipinski definition) is 3. The first-order valence-corrected chi connectivity index (χ1v) is 17.1. The molecule has 1 fully saturated rings. The van der Waals surface area contributed by atoms with Gasteiger partial charge in [0.1, 0.15) is 12.4 Å². The summed E-state index contributed by atoms with van der Waals surface area (Å²) in [6.45, 7) is 3.61. The largest absolute Gasteiger partial charge is 0.445 e. The predicted octanol–water partition coefficient (Wildman–Crippen LogP) is 3.42. The van der Waals surface area contributed by atoms with Gasteiger partial charge >= 0.3 is 6.09 Å². The minimum Gasteiger partial charge on any atom is -0.445 e. The lowest BCUT2D eigenvalue weighted by atomic mass is 9.99. The minimum atomic E-state index is -0.509. The van der Waals surface area contributed by atoms with Gasteiger partial charge < -0.3 is 25.6 Å². The lowest BCUT2D eigenvalue weighted by Gasteiger charge is -2.46. The van der Waals surface area contributed by atoms with Gasteiger partial charge in [-0.05, 0) is 60.9 Å². The zero-order valence-electron chi connectivity index (χ0n) is 28.8. The molecule has 3 N–H and O–H groups in total. The highest BCUT2D eigenvalue weighted by atomic mass is 19.1. The number of hydrogen-bond acceptors (Lipinski definition) is 8. The van der Waals surface area contributed by atoms with Crippen LogP contribution in [-0.4, -0.2) is 103 Å². The summed E-state index contributed by atoms with van der Waals surface area (Å²) in [5.41, 5.74) is 3.81. The third kappa shape index (κ3) is 10.5. The maximum Gasteiger partial charge on any atom is 0.407 e. The second kappa shape index (κ2) is 18.1. The van der Waals surface area contributed by atoms with Gasteiger partial charge in [0.15, 0.2) is 0 Å². The highest BCUT2D eigenvalue weighted by molar-refractivity contribution is 5.79. The van der Waals surface area contributed by atoms with Crippen LogP contribution in [-0.2, 0) is 27.5 Å². The Bertz CT molecular complexity index is 1690. The number of benzene rings is 2. The molecule has 0 radical (unpaired) electrons. The van der Waals surface area contributed by atoms with Crippen molar-refractivity contribution < 1.29 is 23.5 Å². The smallest absolute Gasteiger partial charge is 0.407 e. The Kier molecular flexibility index (Phi) is 13.1. The van der Waals surface area contributed by atoms with Crippen LogP contribution in [0.15, 0.2) is 85.1 Å². The third-order valence-electron chi connectivity index (χ3n) is 9.01. The fraction of sp³-hybridized carbons (Fsp3) is 0.405. The zero-order chi connectivity index (χ0) is 35.3. The molecule has 1 saturated heterocycles. The van der Waals surface area contributed by atoms with Crippen molar-refractivity contribution in [3.05, 3.63) is 102 Å². The van der Waals surface area contributed by atoms with Gasteiger partial charge in [-0.2, -0.15) is 5.10 Å². The molecule has 4 aromatic rings. The first kappa shape index (κ1) is 36.3. The molecule has 0 aliphatic carbocycles. The van der Waals surface area contributed by atoms with Gasteiger partial charge in [0.2, 0.25) is 11.8 Å². The number of piperazine rings is 1. The van der Waals surface area contributed by atoms with Crippen LogP contribution in [0.4, 0.5) is 14.9 Å². The van der Waals surface area contributed by atoms with E-state index in [0.717, 1.165) is 22.5 Å². The number of nitrogens with one attached hydrogen (secondary N) is 3.